The van der Waals surface area contributed by atoms with E-state index in [2.05, 4.69) is 10.5 Å². The van der Waals surface area contributed by atoms with Gasteiger partial charge in [0.05, 0.1) is 6.61 Å². The van der Waals surface area contributed by atoms with E-state index in [9.17, 15) is 5.11 Å². The van der Waals surface area contributed by atoms with Crippen molar-refractivity contribution >= 4 is 5.71 Å². The fraction of sp³-hybridized carbons (Fsp3) is 0.364. The van der Waals surface area contributed by atoms with Crippen molar-refractivity contribution in [2.24, 2.45) is 5.16 Å². The van der Waals surface area contributed by atoms with Crippen molar-refractivity contribution in [3.8, 4) is 0 Å². The lowest BCUT2D eigenvalue weighted by Crippen LogP contribution is -2.21. The van der Waals surface area contributed by atoms with E-state index in [0.717, 1.165) is 16.8 Å². The number of aliphatic hydroxyl groups is 1. The van der Waals surface area contributed by atoms with Crippen LogP contribution in [0.25, 0.3) is 0 Å². The fourth-order valence-electron chi connectivity index (χ4n) is 1.39. The van der Waals surface area contributed by atoms with Crippen LogP contribution in [0.5, 0.6) is 0 Å². The van der Waals surface area contributed by atoms with Crippen LogP contribution in [0.3, 0.4) is 0 Å². The summed E-state index contributed by atoms with van der Waals surface area (Å²) in [6.07, 6.45) is 0. The summed E-state index contributed by atoms with van der Waals surface area (Å²) >= 11 is 0. The molecule has 4 nitrogen and oxygen atoms in total. The average Bonchev–Trinajstić information content (AvgIpc) is 2.29. The van der Waals surface area contributed by atoms with Crippen LogP contribution in [0.2, 0.25) is 0 Å². The van der Waals surface area contributed by atoms with Crippen molar-refractivity contribution in [2.45, 2.75) is 6.61 Å². The molecule has 0 aliphatic carbocycles. The van der Waals surface area contributed by atoms with Gasteiger partial charge in [0.15, 0.2) is 0 Å². The minimum atomic E-state index is 0.00260. The molecule has 0 radical (unpaired) electrons. The molecule has 82 valence electrons. The van der Waals surface area contributed by atoms with Gasteiger partial charge in [-0.05, 0) is 12.6 Å². The predicted molar refractivity (Wildman–Crippen MR) is 59.8 cm³/mol. The molecule has 0 heterocycles. The zero-order chi connectivity index (χ0) is 11.1. The highest BCUT2D eigenvalue weighted by Gasteiger charge is 2.07. The van der Waals surface area contributed by atoms with Crippen molar-refractivity contribution in [1.82, 2.24) is 5.32 Å². The summed E-state index contributed by atoms with van der Waals surface area (Å²) in [5, 5.41) is 16.1. The Bertz CT molecular complexity index is 337. The van der Waals surface area contributed by atoms with Gasteiger partial charge in [-0.1, -0.05) is 29.4 Å². The second kappa shape index (κ2) is 6.16. The molecule has 0 aromatic heterocycles. The number of hydrogen-bond acceptors (Lipinski definition) is 4. The Balaban J connectivity index is 3.04. The maximum Gasteiger partial charge on any atom is 0.106 e. The highest BCUT2D eigenvalue weighted by molar-refractivity contribution is 6.02. The first-order chi connectivity index (χ1) is 7.33. The van der Waals surface area contributed by atoms with Crippen LogP contribution in [0, 0.1) is 0 Å². The average molecular weight is 208 g/mol. The van der Waals surface area contributed by atoms with Gasteiger partial charge in [-0.3, -0.25) is 0 Å². The van der Waals surface area contributed by atoms with E-state index in [1.165, 1.54) is 7.11 Å². The summed E-state index contributed by atoms with van der Waals surface area (Å²) < 4.78 is 0. The first-order valence-electron chi connectivity index (χ1n) is 4.77. The largest absolute Gasteiger partial charge is 0.399 e. The maximum absolute atomic E-state index is 9.19. The molecule has 0 aliphatic heterocycles. The third-order valence-electron chi connectivity index (χ3n) is 2.04. The first-order valence-corrected chi connectivity index (χ1v) is 4.77. The third-order valence-corrected chi connectivity index (χ3v) is 2.04. The molecule has 0 fully saturated rings. The lowest BCUT2D eigenvalue weighted by molar-refractivity contribution is 0.213. The number of oxime groups is 1. The number of nitrogens with zero attached hydrogens (tertiary/aromatic N) is 1. The highest BCUT2D eigenvalue weighted by Crippen LogP contribution is 2.10. The summed E-state index contributed by atoms with van der Waals surface area (Å²) in [5.41, 5.74) is 2.55. The second-order valence-electron chi connectivity index (χ2n) is 3.07. The summed E-state index contributed by atoms with van der Waals surface area (Å²) in [5.74, 6) is 0. The lowest BCUT2D eigenvalue weighted by atomic mass is 10.0. The van der Waals surface area contributed by atoms with E-state index in [0.29, 0.717) is 6.54 Å². The molecular weight excluding hydrogens is 192 g/mol. The van der Waals surface area contributed by atoms with Gasteiger partial charge in [0.1, 0.15) is 12.8 Å². The van der Waals surface area contributed by atoms with Gasteiger partial charge in [-0.25, -0.2) is 0 Å². The molecule has 0 saturated heterocycles. The molecule has 1 aromatic rings. The quantitative estimate of drug-likeness (QED) is 0.554. The molecule has 1 aromatic carbocycles. The van der Waals surface area contributed by atoms with Crippen LogP contribution in [-0.4, -0.2) is 31.5 Å². The summed E-state index contributed by atoms with van der Waals surface area (Å²) in [6.45, 7) is 0.605. The van der Waals surface area contributed by atoms with Gasteiger partial charge in [0.2, 0.25) is 0 Å². The molecular formula is C11H16N2O2. The van der Waals surface area contributed by atoms with Gasteiger partial charge in [0.25, 0.3) is 0 Å². The zero-order valence-electron chi connectivity index (χ0n) is 9.03. The van der Waals surface area contributed by atoms with Gasteiger partial charge in [0, 0.05) is 12.1 Å². The Morgan fingerprint density at radius 3 is 2.80 bits per heavy atom. The van der Waals surface area contributed by atoms with Crippen LogP contribution in [0.15, 0.2) is 29.4 Å². The number of likely N-dealkylation sites (N-methyl/N-ethyl adjacent to an activating group) is 1. The van der Waals surface area contributed by atoms with Gasteiger partial charge >= 0.3 is 0 Å². The monoisotopic (exact) mass is 208 g/mol. The third kappa shape index (κ3) is 3.04. The molecule has 15 heavy (non-hydrogen) atoms. The molecule has 1 rings (SSSR count). The number of benzene rings is 1. The smallest absolute Gasteiger partial charge is 0.106 e. The standard InChI is InChI=1S/C11H16N2O2/c1-12-7-11(13-15-2)10-6-4-3-5-9(10)8-14/h3-6,12,14H,7-8H2,1-2H3/b13-11-. The van der Waals surface area contributed by atoms with E-state index < -0.39 is 0 Å². The van der Waals surface area contributed by atoms with E-state index >= 15 is 0 Å². The maximum atomic E-state index is 9.19. The number of aliphatic hydroxyl groups excluding tert-OH is 1. The van der Waals surface area contributed by atoms with Crippen LogP contribution in [0.1, 0.15) is 11.1 Å². The van der Waals surface area contributed by atoms with E-state index in [1.54, 1.807) is 0 Å². The number of nitrogens with one attached hydrogen (secondary N) is 1. The summed E-state index contributed by atoms with van der Waals surface area (Å²) in [7, 11) is 3.35. The van der Waals surface area contributed by atoms with Crippen molar-refractivity contribution in [3.05, 3.63) is 35.4 Å². The topological polar surface area (TPSA) is 53.9 Å². The second-order valence-corrected chi connectivity index (χ2v) is 3.07. The fourth-order valence-corrected chi connectivity index (χ4v) is 1.39. The van der Waals surface area contributed by atoms with E-state index in [-0.39, 0.29) is 6.61 Å². The Morgan fingerprint density at radius 2 is 2.20 bits per heavy atom. The highest BCUT2D eigenvalue weighted by atomic mass is 16.6. The normalized spacial score (nSPS) is 11.5. The minimum absolute atomic E-state index is 0.00260. The van der Waals surface area contributed by atoms with Gasteiger partial charge in [-0.2, -0.15) is 0 Å². The van der Waals surface area contributed by atoms with Gasteiger partial charge < -0.3 is 15.3 Å². The molecule has 0 aliphatic rings. The van der Waals surface area contributed by atoms with Crippen LogP contribution in [0.4, 0.5) is 0 Å². The molecule has 0 spiro atoms. The van der Waals surface area contributed by atoms with Crippen LogP contribution in [-0.2, 0) is 11.4 Å². The van der Waals surface area contributed by atoms with Crippen LogP contribution >= 0.6 is 0 Å². The Kier molecular flexibility index (Phi) is 4.80. The number of hydrogen-bond donors (Lipinski definition) is 2. The SMILES string of the molecule is CNC/C(=N/OC)c1ccccc1CO. The first kappa shape index (κ1) is 11.7. The minimum Gasteiger partial charge on any atom is -0.399 e. The predicted octanol–water partition coefficient (Wildman–Crippen LogP) is 0.749. The molecule has 2 N–H and O–H groups in total. The Hall–Kier alpha value is -1.39. The summed E-state index contributed by atoms with van der Waals surface area (Å²) in [6, 6.07) is 7.59. The molecule has 0 bridgehead atoms. The molecule has 4 heteroatoms. The van der Waals surface area contributed by atoms with Gasteiger partial charge in [-0.15, -0.1) is 0 Å². The van der Waals surface area contributed by atoms with Crippen LogP contribution < -0.4 is 5.32 Å². The van der Waals surface area contributed by atoms with Crippen molar-refractivity contribution in [3.63, 3.8) is 0 Å². The molecule has 0 atom stereocenters. The molecule has 0 saturated carbocycles. The van der Waals surface area contributed by atoms with Crippen molar-refractivity contribution < 1.29 is 9.94 Å². The Labute approximate surface area is 89.6 Å². The molecule has 0 amide bonds. The molecule has 0 unspecified atom stereocenters. The van der Waals surface area contributed by atoms with Crippen molar-refractivity contribution in [2.75, 3.05) is 20.7 Å². The van der Waals surface area contributed by atoms with E-state index in [4.69, 9.17) is 4.84 Å². The number of rotatable bonds is 5. The Morgan fingerprint density at radius 1 is 1.47 bits per heavy atom. The van der Waals surface area contributed by atoms with Crippen molar-refractivity contribution in [1.29, 1.82) is 0 Å². The zero-order valence-corrected chi connectivity index (χ0v) is 9.03. The lowest BCUT2D eigenvalue weighted by Gasteiger charge is -2.09. The summed E-state index contributed by atoms with van der Waals surface area (Å²) in [4.78, 5) is 4.78. The van der Waals surface area contributed by atoms with E-state index in [1.807, 2.05) is 31.3 Å².